The molecule has 2 unspecified atom stereocenters. The van der Waals surface area contributed by atoms with Crippen LogP contribution in [0, 0.1) is 12.8 Å². The number of aryl methyl sites for hydroxylation is 2. The van der Waals surface area contributed by atoms with E-state index in [0.29, 0.717) is 13.1 Å². The molecule has 1 aliphatic heterocycles. The van der Waals surface area contributed by atoms with Crippen molar-refractivity contribution in [3.8, 4) is 0 Å². The first-order valence-corrected chi connectivity index (χ1v) is 8.58. The number of hydrogen-bond donors (Lipinski definition) is 1. The second kappa shape index (κ2) is 5.83. The van der Waals surface area contributed by atoms with Crippen LogP contribution in [0.25, 0.3) is 0 Å². The van der Waals surface area contributed by atoms with Crippen molar-refractivity contribution in [3.05, 3.63) is 12.0 Å². The maximum absolute atomic E-state index is 12.6. The first-order chi connectivity index (χ1) is 9.34. The molecule has 0 amide bonds. The zero-order valence-electron chi connectivity index (χ0n) is 12.4. The molecule has 0 aliphatic carbocycles. The molecule has 2 N–H and O–H groups in total. The van der Waals surface area contributed by atoms with Gasteiger partial charge in [0.2, 0.25) is 0 Å². The van der Waals surface area contributed by atoms with Gasteiger partial charge in [0.1, 0.15) is 5.82 Å². The van der Waals surface area contributed by atoms with Gasteiger partial charge in [-0.3, -0.25) is 0 Å². The van der Waals surface area contributed by atoms with Gasteiger partial charge in [-0.05, 0) is 25.7 Å². The lowest BCUT2D eigenvalue weighted by Gasteiger charge is -2.33. The number of rotatable bonds is 4. The third-order valence-corrected chi connectivity index (χ3v) is 5.38. The summed E-state index contributed by atoms with van der Waals surface area (Å²) in [5.41, 5.74) is 5.94. The molecule has 6 nitrogen and oxygen atoms in total. The van der Waals surface area contributed by atoms with Crippen molar-refractivity contribution >= 4 is 10.0 Å². The molecule has 1 aromatic heterocycles. The molecular formula is C13H24N4O2S. The van der Waals surface area contributed by atoms with Crippen molar-refractivity contribution in [2.24, 2.45) is 11.7 Å². The standard InChI is InChI=1S/C13H24N4O2S/c1-4-5-16-9-13(15-11(16)3)20(18,19)17-7-10(2)6-12(14)8-17/h9-10,12H,4-8,14H2,1-3H3. The van der Waals surface area contributed by atoms with E-state index in [0.717, 1.165) is 25.2 Å². The summed E-state index contributed by atoms with van der Waals surface area (Å²) in [4.78, 5) is 4.22. The number of aromatic nitrogens is 2. The van der Waals surface area contributed by atoms with E-state index in [1.165, 1.54) is 4.31 Å². The van der Waals surface area contributed by atoms with Crippen LogP contribution in [-0.4, -0.2) is 41.4 Å². The fourth-order valence-electron chi connectivity index (χ4n) is 2.75. The lowest BCUT2D eigenvalue weighted by Crippen LogP contribution is -2.48. The maximum atomic E-state index is 12.6. The van der Waals surface area contributed by atoms with Crippen molar-refractivity contribution < 1.29 is 8.42 Å². The first kappa shape index (κ1) is 15.5. The molecule has 1 aliphatic rings. The Labute approximate surface area is 121 Å². The van der Waals surface area contributed by atoms with E-state index in [2.05, 4.69) is 11.9 Å². The lowest BCUT2D eigenvalue weighted by molar-refractivity contribution is 0.254. The molecule has 20 heavy (non-hydrogen) atoms. The molecule has 2 atom stereocenters. The number of hydrogen-bond acceptors (Lipinski definition) is 4. The maximum Gasteiger partial charge on any atom is 0.262 e. The molecule has 0 saturated carbocycles. The Morgan fingerprint density at radius 2 is 2.15 bits per heavy atom. The predicted molar refractivity (Wildman–Crippen MR) is 77.8 cm³/mol. The van der Waals surface area contributed by atoms with Gasteiger partial charge < -0.3 is 10.3 Å². The smallest absolute Gasteiger partial charge is 0.262 e. The molecule has 0 bridgehead atoms. The van der Waals surface area contributed by atoms with Crippen LogP contribution in [0.1, 0.15) is 32.5 Å². The van der Waals surface area contributed by atoms with Gasteiger partial charge >= 0.3 is 0 Å². The quantitative estimate of drug-likeness (QED) is 0.898. The summed E-state index contributed by atoms with van der Waals surface area (Å²) in [6.45, 7) is 7.60. The van der Waals surface area contributed by atoms with E-state index < -0.39 is 10.0 Å². The van der Waals surface area contributed by atoms with Crippen LogP contribution >= 0.6 is 0 Å². The highest BCUT2D eigenvalue weighted by atomic mass is 32.2. The fraction of sp³-hybridized carbons (Fsp3) is 0.769. The summed E-state index contributed by atoms with van der Waals surface area (Å²) < 4.78 is 28.7. The monoisotopic (exact) mass is 300 g/mol. The highest BCUT2D eigenvalue weighted by molar-refractivity contribution is 7.89. The van der Waals surface area contributed by atoms with Crippen molar-refractivity contribution in [1.29, 1.82) is 0 Å². The second-order valence-corrected chi connectivity index (χ2v) is 7.63. The topological polar surface area (TPSA) is 81.2 Å². The van der Waals surface area contributed by atoms with Gasteiger partial charge in [0.05, 0.1) is 0 Å². The Balaban J connectivity index is 2.27. The van der Waals surface area contributed by atoms with Crippen LogP contribution in [0.2, 0.25) is 0 Å². The molecular weight excluding hydrogens is 276 g/mol. The molecule has 0 spiro atoms. The number of sulfonamides is 1. The van der Waals surface area contributed by atoms with Crippen LogP contribution in [0.3, 0.4) is 0 Å². The highest BCUT2D eigenvalue weighted by Crippen LogP contribution is 2.22. The first-order valence-electron chi connectivity index (χ1n) is 7.14. The number of nitrogens with zero attached hydrogens (tertiary/aromatic N) is 3. The molecule has 7 heteroatoms. The minimum Gasteiger partial charge on any atom is -0.334 e. The van der Waals surface area contributed by atoms with Crippen molar-refractivity contribution in [2.75, 3.05) is 13.1 Å². The van der Waals surface area contributed by atoms with Gasteiger partial charge in [0.15, 0.2) is 5.03 Å². The summed E-state index contributed by atoms with van der Waals surface area (Å²) in [5.74, 6) is 1.02. The summed E-state index contributed by atoms with van der Waals surface area (Å²) in [7, 11) is -3.53. The molecule has 2 heterocycles. The largest absolute Gasteiger partial charge is 0.334 e. The van der Waals surface area contributed by atoms with Crippen molar-refractivity contribution in [1.82, 2.24) is 13.9 Å². The Hall–Kier alpha value is -0.920. The van der Waals surface area contributed by atoms with E-state index in [4.69, 9.17) is 5.73 Å². The molecule has 1 aromatic rings. The molecule has 1 fully saturated rings. The van der Waals surface area contributed by atoms with E-state index >= 15 is 0 Å². The highest BCUT2D eigenvalue weighted by Gasteiger charge is 2.33. The average molecular weight is 300 g/mol. The SMILES string of the molecule is CCCn1cc(S(=O)(=O)N2CC(C)CC(N)C2)nc1C. The zero-order chi connectivity index (χ0) is 14.9. The van der Waals surface area contributed by atoms with Crippen LogP contribution in [0.4, 0.5) is 0 Å². The van der Waals surface area contributed by atoms with Crippen LogP contribution in [-0.2, 0) is 16.6 Å². The van der Waals surface area contributed by atoms with Gasteiger partial charge in [-0.2, -0.15) is 4.31 Å². The number of nitrogens with two attached hydrogens (primary N) is 1. The van der Waals surface area contributed by atoms with Gasteiger partial charge in [-0.15, -0.1) is 0 Å². The fourth-order valence-corrected chi connectivity index (χ4v) is 4.36. The van der Waals surface area contributed by atoms with Crippen molar-refractivity contribution in [2.45, 2.75) is 51.2 Å². The molecule has 0 radical (unpaired) electrons. The molecule has 0 aromatic carbocycles. The summed E-state index contributed by atoms with van der Waals surface area (Å²) in [6, 6.07) is -0.0904. The van der Waals surface area contributed by atoms with E-state index in [1.54, 1.807) is 6.20 Å². The summed E-state index contributed by atoms with van der Waals surface area (Å²) in [6.07, 6.45) is 3.45. The molecule has 114 valence electrons. The third kappa shape index (κ3) is 3.05. The zero-order valence-corrected chi connectivity index (χ0v) is 13.2. The minimum atomic E-state index is -3.53. The number of imidazole rings is 1. The van der Waals surface area contributed by atoms with Gasteiger partial charge in [0.25, 0.3) is 10.0 Å². The normalized spacial score (nSPS) is 25.0. The number of piperidine rings is 1. The van der Waals surface area contributed by atoms with Crippen LogP contribution in [0.15, 0.2) is 11.2 Å². The van der Waals surface area contributed by atoms with Crippen LogP contribution in [0.5, 0.6) is 0 Å². The van der Waals surface area contributed by atoms with Crippen molar-refractivity contribution in [3.63, 3.8) is 0 Å². The van der Waals surface area contributed by atoms with Gasteiger partial charge in [-0.25, -0.2) is 13.4 Å². The lowest BCUT2D eigenvalue weighted by atomic mass is 9.99. The summed E-state index contributed by atoms with van der Waals surface area (Å²) in [5, 5.41) is 0.143. The third-order valence-electron chi connectivity index (χ3n) is 3.68. The minimum absolute atomic E-state index is 0.0904. The van der Waals surface area contributed by atoms with E-state index in [9.17, 15) is 8.42 Å². The van der Waals surface area contributed by atoms with E-state index in [-0.39, 0.29) is 17.0 Å². The summed E-state index contributed by atoms with van der Waals surface area (Å²) >= 11 is 0. The molecule has 1 saturated heterocycles. The second-order valence-electron chi connectivity index (χ2n) is 5.74. The Morgan fingerprint density at radius 1 is 1.45 bits per heavy atom. The van der Waals surface area contributed by atoms with E-state index in [1.807, 2.05) is 18.4 Å². The Bertz CT molecular complexity index is 557. The van der Waals surface area contributed by atoms with Gasteiger partial charge in [-0.1, -0.05) is 13.8 Å². The van der Waals surface area contributed by atoms with Crippen LogP contribution < -0.4 is 5.73 Å². The Kier molecular flexibility index (Phi) is 4.51. The molecule has 2 rings (SSSR count). The predicted octanol–water partition coefficient (Wildman–Crippen LogP) is 0.959. The Morgan fingerprint density at radius 3 is 2.75 bits per heavy atom. The average Bonchev–Trinajstić information content (AvgIpc) is 2.71. The van der Waals surface area contributed by atoms with Gasteiger partial charge in [0, 0.05) is 31.9 Å².